The van der Waals surface area contributed by atoms with Gasteiger partial charge in [0.2, 0.25) is 0 Å². The third-order valence-electron chi connectivity index (χ3n) is 10.3. The second-order valence-electron chi connectivity index (χ2n) is 14.2. The first kappa shape index (κ1) is 29.8. The molecule has 3 heterocycles. The van der Waals surface area contributed by atoms with Gasteiger partial charge < -0.3 is 14.4 Å². The SMILES string of the molecule is [2H]C(C)(C)c1cnc(-c2[c-]cccc2)cc1C([2H])(C)C.[2H]C([2H])([2H])c1cnc(-c2[c-]ccc3c2oc2cc4c(ccc5ccccc54)cc23)cc1C1([2H])CCCCC1.[Ir]. The van der Waals surface area contributed by atoms with Gasteiger partial charge in [-0.25, -0.2) is 0 Å². The molecule has 5 aromatic carbocycles. The van der Waals surface area contributed by atoms with Crippen LogP contribution in [0.25, 0.3) is 66.0 Å². The summed E-state index contributed by atoms with van der Waals surface area (Å²) in [5.74, 6) is -2.46. The molecule has 3 aromatic heterocycles. The Morgan fingerprint density at radius 1 is 0.717 bits per heavy atom. The zero-order chi connectivity index (χ0) is 41.0. The second-order valence-corrected chi connectivity index (χ2v) is 14.2. The molecule has 3 nitrogen and oxygen atoms in total. The van der Waals surface area contributed by atoms with Crippen LogP contribution < -0.4 is 0 Å². The Kier molecular flexibility index (Phi) is 8.86. The number of aryl methyl sites for hydroxylation is 1. The predicted octanol–water partition coefficient (Wildman–Crippen LogP) is 13.9. The van der Waals surface area contributed by atoms with Crippen molar-refractivity contribution in [1.82, 2.24) is 9.97 Å². The zero-order valence-corrected chi connectivity index (χ0v) is 33.0. The first-order chi connectivity index (χ1) is 27.5. The molecule has 0 amide bonds. The van der Waals surface area contributed by atoms with E-state index in [-0.39, 0.29) is 25.7 Å². The largest absolute Gasteiger partial charge is 0.501 e. The van der Waals surface area contributed by atoms with E-state index in [1.807, 2.05) is 82.3 Å². The van der Waals surface area contributed by atoms with Gasteiger partial charge in [0.05, 0.1) is 5.58 Å². The van der Waals surface area contributed by atoms with Gasteiger partial charge in [0.15, 0.2) is 0 Å². The molecule has 8 aromatic rings. The van der Waals surface area contributed by atoms with Gasteiger partial charge in [-0.3, -0.25) is 0 Å². The summed E-state index contributed by atoms with van der Waals surface area (Å²) in [6, 6.07) is 38.6. The van der Waals surface area contributed by atoms with Crippen molar-refractivity contribution in [2.45, 2.75) is 84.3 Å². The van der Waals surface area contributed by atoms with Gasteiger partial charge in [0.25, 0.3) is 0 Å². The van der Waals surface area contributed by atoms with Gasteiger partial charge in [0.1, 0.15) is 5.58 Å². The van der Waals surface area contributed by atoms with Crippen LogP contribution >= 0.6 is 0 Å². The van der Waals surface area contributed by atoms with Crippen LogP contribution in [0, 0.1) is 19.0 Å². The number of nitrogens with zero attached hydrogens (tertiary/aromatic N) is 2. The molecule has 1 aliphatic rings. The fourth-order valence-corrected chi connectivity index (χ4v) is 7.53. The van der Waals surface area contributed by atoms with E-state index in [0.717, 1.165) is 68.8 Å². The van der Waals surface area contributed by atoms with E-state index >= 15 is 0 Å². The summed E-state index contributed by atoms with van der Waals surface area (Å²) in [7, 11) is 0. The van der Waals surface area contributed by atoms with E-state index in [0.29, 0.717) is 35.2 Å². The van der Waals surface area contributed by atoms with E-state index in [9.17, 15) is 1.37 Å². The molecular weight excluding hydrogens is 825 g/mol. The summed E-state index contributed by atoms with van der Waals surface area (Å²) in [5.41, 5.74) is 6.82. The van der Waals surface area contributed by atoms with Crippen LogP contribution in [-0.2, 0) is 20.1 Å². The summed E-state index contributed by atoms with van der Waals surface area (Å²) in [6.07, 6.45) is 7.41. The standard InChI is InChI=1S/C32H26NO.C17H20N.Ir/c1-20-19-33-30(17-27(20)21-8-3-2-4-9-21)26-13-7-12-25-29-16-23-15-14-22-10-5-6-11-24(22)28(23)18-31(29)34-32(25)26;1-12(2)15-10-17(14-8-6-5-7-9-14)18-11-16(15)13(3)4;/h5-7,10-12,14-19,21H,2-4,8-9H2,1H3;5-8,10-13H,1-4H3;/q2*-1;/i1D3,21D;12D,13D;. The van der Waals surface area contributed by atoms with Crippen LogP contribution in [0.2, 0.25) is 0 Å². The number of hydrogen-bond donors (Lipinski definition) is 0. The van der Waals surface area contributed by atoms with Gasteiger partial charge in [-0.2, -0.15) is 0 Å². The monoisotopic (exact) mass is 877 g/mol. The molecule has 1 aliphatic carbocycles. The maximum absolute atomic E-state index is 9.23. The average molecular weight is 877 g/mol. The summed E-state index contributed by atoms with van der Waals surface area (Å²) < 4.78 is 56.6. The molecule has 0 spiro atoms. The number of rotatable bonds is 5. The normalized spacial score (nSPS) is 16.4. The van der Waals surface area contributed by atoms with Gasteiger partial charge in [-0.1, -0.05) is 106 Å². The topological polar surface area (TPSA) is 38.9 Å². The number of aromatic nitrogens is 2. The van der Waals surface area contributed by atoms with Gasteiger partial charge in [-0.15, -0.1) is 54.1 Å². The first-order valence-electron chi connectivity index (χ1n) is 21.2. The van der Waals surface area contributed by atoms with Crippen molar-refractivity contribution in [3.63, 3.8) is 0 Å². The van der Waals surface area contributed by atoms with Gasteiger partial charge in [-0.05, 0) is 105 Å². The molecule has 0 unspecified atom stereocenters. The molecule has 0 saturated heterocycles. The van der Waals surface area contributed by atoms with Crippen LogP contribution in [0.4, 0.5) is 0 Å². The Bertz CT molecular complexity index is 2800. The number of hydrogen-bond acceptors (Lipinski definition) is 3. The summed E-state index contributed by atoms with van der Waals surface area (Å²) in [5, 5.41) is 6.62. The fourth-order valence-electron chi connectivity index (χ4n) is 7.53. The average Bonchev–Trinajstić information content (AvgIpc) is 3.57. The van der Waals surface area contributed by atoms with E-state index in [1.54, 1.807) is 6.20 Å². The van der Waals surface area contributed by atoms with Crippen LogP contribution in [0.15, 0.2) is 114 Å². The molecule has 0 atom stereocenters. The molecule has 53 heavy (non-hydrogen) atoms. The molecule has 0 aliphatic heterocycles. The number of pyridine rings is 2. The number of fused-ring (bicyclic) bond motifs is 6. The number of furan rings is 1. The molecule has 4 heteroatoms. The van der Waals surface area contributed by atoms with Crippen LogP contribution in [0.1, 0.15) is 108 Å². The maximum atomic E-state index is 9.23. The van der Waals surface area contributed by atoms with Crippen LogP contribution in [0.3, 0.4) is 0 Å². The van der Waals surface area contributed by atoms with Crippen molar-refractivity contribution in [3.8, 4) is 22.5 Å². The Balaban J connectivity index is 0.000000214. The minimum Gasteiger partial charge on any atom is -0.501 e. The molecule has 1 fully saturated rings. The van der Waals surface area contributed by atoms with Crippen LogP contribution in [0.5, 0.6) is 0 Å². The molecule has 0 N–H and O–H groups in total. The molecular formula is C49H46IrN2O-2. The Morgan fingerprint density at radius 2 is 1.49 bits per heavy atom. The minimum atomic E-state index is -2.33. The maximum Gasteiger partial charge on any atom is 0.121 e. The van der Waals surface area contributed by atoms with Crippen molar-refractivity contribution in [1.29, 1.82) is 0 Å². The van der Waals surface area contributed by atoms with Crippen molar-refractivity contribution >= 4 is 43.5 Å². The Labute approximate surface area is 335 Å². The summed E-state index contributed by atoms with van der Waals surface area (Å²) >= 11 is 0. The molecule has 1 saturated carbocycles. The summed E-state index contributed by atoms with van der Waals surface area (Å²) in [6.45, 7) is 5.01. The number of benzene rings is 5. The van der Waals surface area contributed by atoms with Crippen molar-refractivity contribution < 1.29 is 32.7 Å². The van der Waals surface area contributed by atoms with E-state index in [1.165, 1.54) is 17.0 Å². The fraction of sp³-hybridized carbons (Fsp3) is 0.265. The molecule has 1 radical (unpaired) electrons. The van der Waals surface area contributed by atoms with Crippen LogP contribution in [-0.4, -0.2) is 9.97 Å². The molecule has 269 valence electrons. The Hall–Kier alpha value is -4.63. The molecule has 0 bridgehead atoms. The van der Waals surface area contributed by atoms with E-state index in [4.69, 9.17) is 11.3 Å². The van der Waals surface area contributed by atoms with Crippen molar-refractivity contribution in [2.75, 3.05) is 0 Å². The third kappa shape index (κ3) is 7.33. The minimum absolute atomic E-state index is 0. The summed E-state index contributed by atoms with van der Waals surface area (Å²) in [4.78, 5) is 9.04. The predicted molar refractivity (Wildman–Crippen MR) is 218 cm³/mol. The molecule has 9 rings (SSSR count). The Morgan fingerprint density at radius 3 is 2.26 bits per heavy atom. The van der Waals surface area contributed by atoms with E-state index < -0.39 is 24.5 Å². The first-order valence-corrected chi connectivity index (χ1v) is 18.2. The van der Waals surface area contributed by atoms with Crippen molar-refractivity contribution in [3.05, 3.63) is 144 Å². The van der Waals surface area contributed by atoms with Crippen molar-refractivity contribution in [2.24, 2.45) is 0 Å². The quantitative estimate of drug-likeness (QED) is 0.128. The third-order valence-corrected chi connectivity index (χ3v) is 10.3. The second kappa shape index (κ2) is 15.8. The zero-order valence-electron chi connectivity index (χ0n) is 36.6. The smallest absolute Gasteiger partial charge is 0.121 e. The van der Waals surface area contributed by atoms with E-state index in [2.05, 4.69) is 64.6 Å². The van der Waals surface area contributed by atoms with Gasteiger partial charge in [0, 0.05) is 46.1 Å². The van der Waals surface area contributed by atoms with Gasteiger partial charge >= 0.3 is 0 Å².